The van der Waals surface area contributed by atoms with Crippen molar-refractivity contribution in [1.29, 1.82) is 0 Å². The van der Waals surface area contributed by atoms with E-state index in [9.17, 15) is 4.91 Å². The number of hydrazone groups is 1. The summed E-state index contributed by atoms with van der Waals surface area (Å²) in [5, 5.41) is 8.72. The molecule has 4 nitrogen and oxygen atoms in total. The molecule has 1 N–H and O–H groups in total. The summed E-state index contributed by atoms with van der Waals surface area (Å²) in [5.41, 5.74) is 3.60. The van der Waals surface area contributed by atoms with E-state index in [4.69, 9.17) is 0 Å². The van der Waals surface area contributed by atoms with Crippen molar-refractivity contribution in [1.82, 2.24) is 0 Å². The molecule has 0 saturated heterocycles. The minimum atomic E-state index is 0.166. The summed E-state index contributed by atoms with van der Waals surface area (Å²) in [6.45, 7) is 0. The fourth-order valence-corrected chi connectivity index (χ4v) is 1.81. The fraction of sp³-hybridized carbons (Fsp3) is 0. The second-order valence-electron chi connectivity index (χ2n) is 2.98. The third-order valence-corrected chi connectivity index (χ3v) is 2.76. The fourth-order valence-electron chi connectivity index (χ4n) is 1.16. The molecular weight excluding hydrogens is 222 g/mol. The summed E-state index contributed by atoms with van der Waals surface area (Å²) in [5.74, 6) is 0.166. The van der Waals surface area contributed by atoms with Crippen LogP contribution in [0.3, 0.4) is 0 Å². The average Bonchev–Trinajstić information content (AvgIpc) is 2.85. The van der Waals surface area contributed by atoms with E-state index < -0.39 is 0 Å². The third-order valence-electron chi connectivity index (χ3n) is 1.89. The first-order chi connectivity index (χ1) is 7.90. The van der Waals surface area contributed by atoms with Crippen molar-refractivity contribution < 1.29 is 0 Å². The first-order valence-electron chi connectivity index (χ1n) is 4.66. The minimum Gasteiger partial charge on any atom is -0.276 e. The topological polar surface area (TPSA) is 53.8 Å². The number of hydrogen-bond acceptors (Lipinski definition) is 4. The number of hydrogen-bond donors (Lipinski definition) is 1. The van der Waals surface area contributed by atoms with Gasteiger partial charge in [-0.3, -0.25) is 5.43 Å². The van der Waals surface area contributed by atoms with Gasteiger partial charge in [-0.25, -0.2) is 0 Å². The van der Waals surface area contributed by atoms with Crippen LogP contribution in [0.15, 0.2) is 58.1 Å². The maximum atomic E-state index is 10.6. The molecule has 16 heavy (non-hydrogen) atoms. The van der Waals surface area contributed by atoms with Crippen LogP contribution in [0.2, 0.25) is 0 Å². The van der Waals surface area contributed by atoms with Crippen molar-refractivity contribution >= 4 is 22.9 Å². The van der Waals surface area contributed by atoms with E-state index in [0.29, 0.717) is 0 Å². The number of rotatable bonds is 3. The molecule has 0 radical (unpaired) electrons. The van der Waals surface area contributed by atoms with Gasteiger partial charge >= 0.3 is 0 Å². The molecule has 1 aromatic carbocycles. The molecule has 2 aromatic rings. The molecule has 0 aliphatic rings. The van der Waals surface area contributed by atoms with Gasteiger partial charge in [0.25, 0.3) is 0 Å². The molecule has 0 spiro atoms. The molecule has 2 rings (SSSR count). The van der Waals surface area contributed by atoms with Gasteiger partial charge < -0.3 is 0 Å². The Labute approximate surface area is 96.6 Å². The molecule has 0 aliphatic heterocycles. The number of para-hydroxylation sites is 1. The van der Waals surface area contributed by atoms with Gasteiger partial charge in [-0.2, -0.15) is 0 Å². The van der Waals surface area contributed by atoms with Crippen LogP contribution in [0.5, 0.6) is 0 Å². The van der Waals surface area contributed by atoms with Crippen LogP contribution >= 0.6 is 11.3 Å². The van der Waals surface area contributed by atoms with E-state index in [1.54, 1.807) is 6.07 Å². The summed E-state index contributed by atoms with van der Waals surface area (Å²) in [6, 6.07) is 13.1. The summed E-state index contributed by atoms with van der Waals surface area (Å²) >= 11 is 1.43. The molecule has 1 heterocycles. The monoisotopic (exact) mass is 231 g/mol. The molecule has 1 aromatic heterocycles. The Morgan fingerprint density at radius 1 is 1.12 bits per heavy atom. The van der Waals surface area contributed by atoms with Gasteiger partial charge in [-0.15, -0.1) is 21.3 Å². The van der Waals surface area contributed by atoms with Crippen LogP contribution in [0.4, 0.5) is 5.69 Å². The van der Waals surface area contributed by atoms with Crippen molar-refractivity contribution in [2.75, 3.05) is 5.43 Å². The molecule has 0 amide bonds. The highest BCUT2D eigenvalue weighted by Crippen LogP contribution is 2.12. The molecule has 0 bridgehead atoms. The second-order valence-corrected chi connectivity index (χ2v) is 3.93. The number of thiophene rings is 1. The second kappa shape index (κ2) is 5.18. The Morgan fingerprint density at radius 2 is 1.94 bits per heavy atom. The number of nitroso groups, excluding NO2 is 1. The zero-order chi connectivity index (χ0) is 11.2. The highest BCUT2D eigenvalue weighted by atomic mass is 32.1. The predicted octanol–water partition coefficient (Wildman–Crippen LogP) is 3.29. The van der Waals surface area contributed by atoms with Crippen LogP contribution in [0, 0.1) is 4.91 Å². The Balaban J connectivity index is 2.14. The van der Waals surface area contributed by atoms with Crippen molar-refractivity contribution in [3.63, 3.8) is 0 Å². The Kier molecular flexibility index (Phi) is 3.40. The molecule has 0 aliphatic carbocycles. The highest BCUT2D eigenvalue weighted by molar-refractivity contribution is 7.12. The Hall–Kier alpha value is -2.01. The smallest absolute Gasteiger partial charge is 0.232 e. The summed E-state index contributed by atoms with van der Waals surface area (Å²) < 4.78 is 0. The molecular formula is C11H9N3OS. The quantitative estimate of drug-likeness (QED) is 0.381. The zero-order valence-electron chi connectivity index (χ0n) is 8.33. The lowest BCUT2D eigenvalue weighted by molar-refractivity contribution is 1.31. The lowest BCUT2D eigenvalue weighted by Gasteiger charge is -1.99. The first kappa shape index (κ1) is 10.5. The largest absolute Gasteiger partial charge is 0.276 e. The van der Waals surface area contributed by atoms with E-state index in [1.807, 2.05) is 41.8 Å². The van der Waals surface area contributed by atoms with Crippen LogP contribution in [0.25, 0.3) is 0 Å². The molecule has 80 valence electrons. The minimum absolute atomic E-state index is 0.166. The number of nitrogens with zero attached hydrogens (tertiary/aromatic N) is 2. The number of nitrogens with one attached hydrogen (secondary N) is 1. The standard InChI is InChI=1S/C11H9N3OS/c15-14-11(10-7-4-8-16-10)13-12-9-5-2-1-3-6-9/h1-8,12H/b13-11-. The van der Waals surface area contributed by atoms with Crippen LogP contribution in [-0.4, -0.2) is 5.84 Å². The van der Waals surface area contributed by atoms with E-state index in [1.165, 1.54) is 11.3 Å². The van der Waals surface area contributed by atoms with Gasteiger partial charge in [0, 0.05) is 0 Å². The predicted molar refractivity (Wildman–Crippen MR) is 66.7 cm³/mol. The SMILES string of the molecule is O=N/C(=N\Nc1ccccc1)c1cccs1. The summed E-state index contributed by atoms with van der Waals surface area (Å²) in [7, 11) is 0. The van der Waals surface area contributed by atoms with Crippen LogP contribution in [0.1, 0.15) is 4.88 Å². The van der Waals surface area contributed by atoms with Crippen molar-refractivity contribution in [3.05, 3.63) is 57.6 Å². The number of amidine groups is 1. The van der Waals surface area contributed by atoms with Crippen LogP contribution in [-0.2, 0) is 0 Å². The highest BCUT2D eigenvalue weighted by Gasteiger charge is 2.04. The van der Waals surface area contributed by atoms with Gasteiger partial charge in [0.05, 0.1) is 10.6 Å². The van der Waals surface area contributed by atoms with Gasteiger partial charge in [0.1, 0.15) is 0 Å². The lowest BCUT2D eigenvalue weighted by atomic mass is 10.3. The molecule has 0 saturated carbocycles. The third kappa shape index (κ3) is 2.52. The van der Waals surface area contributed by atoms with E-state index in [0.717, 1.165) is 10.6 Å². The van der Waals surface area contributed by atoms with Gasteiger partial charge in [-0.1, -0.05) is 24.3 Å². The summed E-state index contributed by atoms with van der Waals surface area (Å²) in [4.78, 5) is 11.4. The number of anilines is 1. The maximum absolute atomic E-state index is 10.6. The van der Waals surface area contributed by atoms with Crippen molar-refractivity contribution in [3.8, 4) is 0 Å². The molecule has 0 unspecified atom stereocenters. The summed E-state index contributed by atoms with van der Waals surface area (Å²) in [6.07, 6.45) is 0. The van der Waals surface area contributed by atoms with E-state index in [2.05, 4.69) is 15.7 Å². The first-order valence-corrected chi connectivity index (χ1v) is 5.54. The molecule has 0 fully saturated rings. The van der Waals surface area contributed by atoms with Crippen LogP contribution < -0.4 is 5.43 Å². The van der Waals surface area contributed by atoms with E-state index in [-0.39, 0.29) is 5.84 Å². The lowest BCUT2D eigenvalue weighted by Crippen LogP contribution is -1.98. The maximum Gasteiger partial charge on any atom is 0.232 e. The van der Waals surface area contributed by atoms with E-state index >= 15 is 0 Å². The van der Waals surface area contributed by atoms with Crippen molar-refractivity contribution in [2.24, 2.45) is 10.3 Å². The van der Waals surface area contributed by atoms with Gasteiger partial charge in [0.2, 0.25) is 5.84 Å². The van der Waals surface area contributed by atoms with Crippen molar-refractivity contribution in [2.45, 2.75) is 0 Å². The Bertz CT molecular complexity index is 479. The van der Waals surface area contributed by atoms with Gasteiger partial charge in [-0.05, 0) is 28.8 Å². The van der Waals surface area contributed by atoms with Gasteiger partial charge in [0.15, 0.2) is 0 Å². The normalized spacial score (nSPS) is 11.1. The molecule has 5 heteroatoms. The number of benzene rings is 1. The molecule has 0 atom stereocenters. The zero-order valence-corrected chi connectivity index (χ0v) is 9.15. The average molecular weight is 231 g/mol. The Morgan fingerprint density at radius 3 is 2.56 bits per heavy atom.